The molecule has 2 aromatic heterocycles. The number of piperidine rings is 1. The van der Waals surface area contributed by atoms with Gasteiger partial charge in [0, 0.05) is 38.3 Å². The molecular formula is C18H21N3O4. The van der Waals surface area contributed by atoms with Crippen LogP contribution in [0.25, 0.3) is 0 Å². The Balaban J connectivity index is 1.36. The van der Waals surface area contributed by atoms with Crippen LogP contribution in [0.5, 0.6) is 6.01 Å². The normalized spacial score (nSPS) is 22.7. The van der Waals surface area contributed by atoms with E-state index in [1.807, 2.05) is 4.90 Å². The van der Waals surface area contributed by atoms with Gasteiger partial charge in [-0.2, -0.15) is 0 Å². The summed E-state index contributed by atoms with van der Waals surface area (Å²) in [5.41, 5.74) is 0.383. The van der Waals surface area contributed by atoms with E-state index >= 15 is 0 Å². The zero-order valence-electron chi connectivity index (χ0n) is 14.0. The molecule has 132 valence electrons. The smallest absolute Gasteiger partial charge is 0.316 e. The molecular weight excluding hydrogens is 322 g/mol. The quantitative estimate of drug-likeness (QED) is 0.851. The van der Waals surface area contributed by atoms with Crippen LogP contribution in [0.2, 0.25) is 0 Å². The minimum Gasteiger partial charge on any atom is -0.472 e. The van der Waals surface area contributed by atoms with E-state index in [2.05, 4.69) is 9.97 Å². The Labute approximate surface area is 146 Å². The van der Waals surface area contributed by atoms with Crippen molar-refractivity contribution in [3.05, 3.63) is 42.6 Å². The first-order valence-corrected chi connectivity index (χ1v) is 8.63. The maximum absolute atomic E-state index is 12.4. The third kappa shape index (κ3) is 3.51. The van der Waals surface area contributed by atoms with Gasteiger partial charge in [-0.05, 0) is 25.0 Å². The van der Waals surface area contributed by atoms with Crippen molar-refractivity contribution in [1.82, 2.24) is 14.9 Å². The predicted molar refractivity (Wildman–Crippen MR) is 88.2 cm³/mol. The second-order valence-electron chi connectivity index (χ2n) is 6.60. The Hall–Kier alpha value is -2.41. The summed E-state index contributed by atoms with van der Waals surface area (Å²) in [7, 11) is 0. The topological polar surface area (TPSA) is 77.7 Å². The molecule has 2 fully saturated rings. The summed E-state index contributed by atoms with van der Waals surface area (Å²) in [5.74, 6) is 0.0184. The van der Waals surface area contributed by atoms with Gasteiger partial charge in [-0.15, -0.1) is 0 Å². The molecule has 2 aromatic rings. The maximum atomic E-state index is 12.4. The van der Waals surface area contributed by atoms with Crippen LogP contribution in [0.3, 0.4) is 0 Å². The molecule has 0 radical (unpaired) electrons. The van der Waals surface area contributed by atoms with E-state index in [1.165, 1.54) is 12.5 Å². The lowest BCUT2D eigenvalue weighted by Gasteiger charge is -2.45. The molecule has 1 amide bonds. The monoisotopic (exact) mass is 343 g/mol. The van der Waals surface area contributed by atoms with Crippen LogP contribution in [-0.2, 0) is 4.74 Å². The molecule has 0 N–H and O–H groups in total. The third-order valence-electron chi connectivity index (χ3n) is 4.99. The van der Waals surface area contributed by atoms with E-state index in [-0.39, 0.29) is 17.6 Å². The number of hydrogen-bond donors (Lipinski definition) is 0. The molecule has 1 unspecified atom stereocenters. The Bertz CT molecular complexity index is 696. The van der Waals surface area contributed by atoms with Crippen LogP contribution in [0.4, 0.5) is 0 Å². The van der Waals surface area contributed by atoms with Gasteiger partial charge >= 0.3 is 6.01 Å². The second-order valence-corrected chi connectivity index (χ2v) is 6.60. The van der Waals surface area contributed by atoms with Crippen LogP contribution < -0.4 is 4.74 Å². The number of amides is 1. The highest BCUT2D eigenvalue weighted by molar-refractivity contribution is 5.93. The molecule has 2 saturated heterocycles. The van der Waals surface area contributed by atoms with Crippen LogP contribution >= 0.6 is 0 Å². The predicted octanol–water partition coefficient (Wildman–Crippen LogP) is 2.30. The van der Waals surface area contributed by atoms with Gasteiger partial charge in [-0.1, -0.05) is 0 Å². The van der Waals surface area contributed by atoms with Gasteiger partial charge < -0.3 is 18.8 Å². The van der Waals surface area contributed by atoms with Gasteiger partial charge in [0.2, 0.25) is 0 Å². The lowest BCUT2D eigenvalue weighted by molar-refractivity contribution is -0.136. The molecule has 2 aliphatic rings. The molecule has 7 heteroatoms. The Kier molecular flexibility index (Phi) is 4.40. The van der Waals surface area contributed by atoms with Crippen molar-refractivity contribution in [2.45, 2.75) is 37.4 Å². The SMILES string of the molecule is O=C(c1ccoc1)N1CCC2(CC1)CC(Oc1ncccn1)CCO2. The molecule has 0 aromatic carbocycles. The highest BCUT2D eigenvalue weighted by Gasteiger charge is 2.42. The van der Waals surface area contributed by atoms with E-state index in [9.17, 15) is 4.79 Å². The number of aromatic nitrogens is 2. The number of furan rings is 1. The number of nitrogens with zero attached hydrogens (tertiary/aromatic N) is 3. The highest BCUT2D eigenvalue weighted by atomic mass is 16.5. The van der Waals surface area contributed by atoms with Gasteiger partial charge in [-0.25, -0.2) is 9.97 Å². The van der Waals surface area contributed by atoms with Crippen LogP contribution in [0.1, 0.15) is 36.0 Å². The van der Waals surface area contributed by atoms with Gasteiger partial charge in [0.25, 0.3) is 5.91 Å². The van der Waals surface area contributed by atoms with Crippen molar-refractivity contribution >= 4 is 5.91 Å². The average Bonchev–Trinajstić information content (AvgIpc) is 3.18. The molecule has 4 heterocycles. The number of ether oxygens (including phenoxy) is 2. The molecule has 1 spiro atoms. The number of carbonyl (C=O) groups is 1. The van der Waals surface area contributed by atoms with E-state index in [0.717, 1.165) is 25.7 Å². The summed E-state index contributed by atoms with van der Waals surface area (Å²) in [6.45, 7) is 2.02. The summed E-state index contributed by atoms with van der Waals surface area (Å²) in [6, 6.07) is 3.88. The molecule has 25 heavy (non-hydrogen) atoms. The number of hydrogen-bond acceptors (Lipinski definition) is 6. The van der Waals surface area contributed by atoms with Gasteiger partial charge in [0.05, 0.1) is 24.0 Å². The first-order chi connectivity index (χ1) is 12.2. The van der Waals surface area contributed by atoms with Crippen LogP contribution in [0.15, 0.2) is 41.5 Å². The van der Waals surface area contributed by atoms with E-state index in [1.54, 1.807) is 24.5 Å². The van der Waals surface area contributed by atoms with Crippen molar-refractivity contribution in [3.63, 3.8) is 0 Å². The van der Waals surface area contributed by atoms with Crippen molar-refractivity contribution < 1.29 is 18.7 Å². The number of carbonyl (C=O) groups excluding carboxylic acids is 1. The molecule has 2 aliphatic heterocycles. The highest BCUT2D eigenvalue weighted by Crippen LogP contribution is 2.36. The standard InChI is InChI=1S/C18H21N3O4/c22-16(14-2-10-23-13-14)21-8-4-18(5-9-21)12-15(3-11-24-18)25-17-19-6-1-7-20-17/h1-2,6-7,10,13,15H,3-5,8-9,11-12H2. The summed E-state index contributed by atoms with van der Waals surface area (Å²) in [5, 5.41) is 0. The fourth-order valence-electron chi connectivity index (χ4n) is 3.61. The Morgan fingerprint density at radius 1 is 1.28 bits per heavy atom. The van der Waals surface area contributed by atoms with Gasteiger partial charge in [-0.3, -0.25) is 4.79 Å². The molecule has 0 saturated carbocycles. The van der Waals surface area contributed by atoms with Crippen molar-refractivity contribution in [2.75, 3.05) is 19.7 Å². The maximum Gasteiger partial charge on any atom is 0.316 e. The molecule has 0 aliphatic carbocycles. The molecule has 7 nitrogen and oxygen atoms in total. The van der Waals surface area contributed by atoms with Gasteiger partial charge in [0.15, 0.2) is 0 Å². The van der Waals surface area contributed by atoms with E-state index in [0.29, 0.717) is 31.3 Å². The van der Waals surface area contributed by atoms with Crippen molar-refractivity contribution in [2.24, 2.45) is 0 Å². The number of likely N-dealkylation sites (tertiary alicyclic amines) is 1. The fourth-order valence-corrected chi connectivity index (χ4v) is 3.61. The largest absolute Gasteiger partial charge is 0.472 e. The van der Waals surface area contributed by atoms with Crippen LogP contribution in [-0.4, -0.2) is 52.2 Å². The molecule has 4 rings (SSSR count). The van der Waals surface area contributed by atoms with E-state index < -0.39 is 0 Å². The van der Waals surface area contributed by atoms with Crippen molar-refractivity contribution in [3.8, 4) is 6.01 Å². The zero-order chi connectivity index (χ0) is 17.1. The van der Waals surface area contributed by atoms with Gasteiger partial charge in [0.1, 0.15) is 12.4 Å². The average molecular weight is 343 g/mol. The summed E-state index contributed by atoms with van der Waals surface area (Å²) in [6.07, 6.45) is 9.68. The fraction of sp³-hybridized carbons (Fsp3) is 0.500. The number of rotatable bonds is 3. The lowest BCUT2D eigenvalue weighted by Crippen LogP contribution is -2.52. The van der Waals surface area contributed by atoms with Crippen molar-refractivity contribution in [1.29, 1.82) is 0 Å². The minimum atomic E-state index is -0.217. The summed E-state index contributed by atoms with van der Waals surface area (Å²) in [4.78, 5) is 22.6. The Morgan fingerprint density at radius 3 is 2.80 bits per heavy atom. The summed E-state index contributed by atoms with van der Waals surface area (Å²) < 4.78 is 17.0. The minimum absolute atomic E-state index is 0.0184. The molecule has 1 atom stereocenters. The molecule has 0 bridgehead atoms. The second kappa shape index (κ2) is 6.84. The van der Waals surface area contributed by atoms with Crippen LogP contribution in [0, 0.1) is 0 Å². The summed E-state index contributed by atoms with van der Waals surface area (Å²) >= 11 is 0. The lowest BCUT2D eigenvalue weighted by atomic mass is 9.83. The Morgan fingerprint density at radius 2 is 2.08 bits per heavy atom. The van der Waals surface area contributed by atoms with E-state index in [4.69, 9.17) is 13.9 Å². The first-order valence-electron chi connectivity index (χ1n) is 8.63. The third-order valence-corrected chi connectivity index (χ3v) is 4.99. The first kappa shape index (κ1) is 16.1. The zero-order valence-corrected chi connectivity index (χ0v) is 14.0.